The van der Waals surface area contributed by atoms with Crippen molar-refractivity contribution in [1.29, 1.82) is 0 Å². The first kappa shape index (κ1) is 66.3. The van der Waals surface area contributed by atoms with Crippen LogP contribution in [0.3, 0.4) is 0 Å². The van der Waals surface area contributed by atoms with Crippen LogP contribution < -0.4 is 20.7 Å². The molecule has 11 nitrogen and oxygen atoms in total. The molecule has 452 valence electrons. The lowest BCUT2D eigenvalue weighted by molar-refractivity contribution is -0.148. The Kier molecular flexibility index (Phi) is 24.3. The van der Waals surface area contributed by atoms with Gasteiger partial charge in [-0.3, -0.25) is 14.4 Å². The van der Waals surface area contributed by atoms with Crippen molar-refractivity contribution >= 4 is 55.5 Å². The van der Waals surface area contributed by atoms with E-state index in [2.05, 4.69) is 165 Å². The number of nitrogens with one attached hydrogen (secondary N) is 3. The molecule has 1 unspecified atom stereocenters. The number of methoxy groups -OCH3 is 2. The van der Waals surface area contributed by atoms with E-state index in [-0.39, 0.29) is 23.8 Å². The number of carbonyl (C=O) groups is 4. The molecule has 0 fully saturated rings. The van der Waals surface area contributed by atoms with E-state index in [9.17, 15) is 9.59 Å². The highest BCUT2D eigenvalue weighted by molar-refractivity contribution is 8.00. The predicted molar refractivity (Wildman–Crippen MR) is 354 cm³/mol. The van der Waals surface area contributed by atoms with Crippen LogP contribution in [-0.2, 0) is 49.2 Å². The van der Waals surface area contributed by atoms with Crippen LogP contribution in [0.5, 0.6) is 5.75 Å². The maximum atomic E-state index is 15.2. The molecule has 5 atom stereocenters. The van der Waals surface area contributed by atoms with E-state index in [4.69, 9.17) is 18.6 Å². The summed E-state index contributed by atoms with van der Waals surface area (Å²) in [5.74, 6) is -1.21. The second-order valence-corrected chi connectivity index (χ2v) is 30.6. The first-order valence-corrected chi connectivity index (χ1v) is 34.4. The number of hydrogen-bond acceptors (Lipinski definition) is 10. The van der Waals surface area contributed by atoms with Gasteiger partial charge < -0.3 is 34.6 Å². The van der Waals surface area contributed by atoms with Gasteiger partial charge in [-0.25, -0.2) is 4.79 Å². The van der Waals surface area contributed by atoms with Gasteiger partial charge in [0.15, 0.2) is 14.4 Å². The molecule has 14 heteroatoms. The van der Waals surface area contributed by atoms with Gasteiger partial charge in [0.2, 0.25) is 17.7 Å². The lowest BCUT2D eigenvalue weighted by atomic mass is 9.84. The highest BCUT2D eigenvalue weighted by Gasteiger charge is 2.44. The monoisotopic (exact) mass is 1210 g/mol. The van der Waals surface area contributed by atoms with Crippen LogP contribution >= 0.6 is 23.5 Å². The minimum atomic E-state index is -2.47. The Hall–Kier alpha value is -7.20. The highest BCUT2D eigenvalue weighted by Crippen LogP contribution is 2.50. The maximum Gasteiger partial charge on any atom is 0.331 e. The van der Waals surface area contributed by atoms with Crippen molar-refractivity contribution in [2.75, 3.05) is 25.7 Å². The molecule has 0 aromatic heterocycles. The van der Waals surface area contributed by atoms with E-state index in [0.29, 0.717) is 12.2 Å². The molecule has 0 saturated heterocycles. The molecule has 0 bridgehead atoms. The Morgan fingerprint density at radius 2 is 0.977 bits per heavy atom. The zero-order valence-electron chi connectivity index (χ0n) is 51.4. The van der Waals surface area contributed by atoms with E-state index >= 15 is 9.59 Å². The first-order chi connectivity index (χ1) is 41.3. The van der Waals surface area contributed by atoms with Gasteiger partial charge in [-0.1, -0.05) is 241 Å². The number of ether oxygens (including phenoxy) is 3. The van der Waals surface area contributed by atoms with Crippen LogP contribution in [-0.4, -0.2) is 88.1 Å². The second-order valence-electron chi connectivity index (χ2n) is 23.3. The van der Waals surface area contributed by atoms with Crippen LogP contribution in [0.25, 0.3) is 0 Å². The Balaban J connectivity index is 1.17. The normalized spacial score (nSPS) is 13.9. The third-order valence-electron chi connectivity index (χ3n) is 15.9. The number of esters is 1. The van der Waals surface area contributed by atoms with Crippen LogP contribution in [0.4, 0.5) is 0 Å². The molecule has 7 rings (SSSR count). The molecule has 7 aromatic carbocycles. The Bertz CT molecular complexity index is 3050. The zero-order valence-corrected chi connectivity index (χ0v) is 54.0. The summed E-state index contributed by atoms with van der Waals surface area (Å²) in [5, 5.41) is 8.89. The molecular formula is C72H85N3O8S2Si. The maximum absolute atomic E-state index is 15.2. The Labute approximate surface area is 520 Å². The third-order valence-corrected chi connectivity index (χ3v) is 23.7. The molecule has 0 radical (unpaired) electrons. The summed E-state index contributed by atoms with van der Waals surface area (Å²) in [4.78, 5) is 58.6. The zero-order chi connectivity index (χ0) is 61.7. The smallest absolute Gasteiger partial charge is 0.331 e. The quantitative estimate of drug-likeness (QED) is 0.0131. The average Bonchev–Trinajstić information content (AvgIpc) is 0.956. The molecule has 3 amide bonds. The van der Waals surface area contributed by atoms with Crippen LogP contribution in [0.2, 0.25) is 18.1 Å². The van der Waals surface area contributed by atoms with Crippen molar-refractivity contribution in [3.05, 3.63) is 257 Å². The summed E-state index contributed by atoms with van der Waals surface area (Å²) in [7, 11) is 0.421. The standard InChI is InChI=1S/C72H85N3O8S2Si/c1-52(2)65(74-64(76)49-62(82-50-54-44-46-61(80-7)47-45-54)43-29-30-48-84-71(55-31-17-11-18-32-55,56-33-19-12-20-34-56)57-35-21-13-22-36-57)68(78)73-63(67(77)75-66(69(79)81-8)53(3)83-86(9,10)70(4,5)6)51-85-72(58-37-23-14-24-38-58,59-39-25-15-26-40-59)60-41-27-16-28-42-60/h11-29,31-47,52-53,62-63,65-66H,30,48-51H2,1-10H3,(H,73,78)(H,74,76)(H,75,77)/b43-29+/t53-,62?,63-,65-,66+/m1/s1. The summed E-state index contributed by atoms with van der Waals surface area (Å²) >= 11 is 3.34. The summed E-state index contributed by atoms with van der Waals surface area (Å²) in [6.07, 6.45) is 3.11. The Morgan fingerprint density at radius 1 is 0.547 bits per heavy atom. The molecule has 3 N–H and O–H groups in total. The topological polar surface area (TPSA) is 141 Å². The van der Waals surface area contributed by atoms with Gasteiger partial charge >= 0.3 is 5.97 Å². The molecule has 0 saturated carbocycles. The van der Waals surface area contributed by atoms with Crippen molar-refractivity contribution in [3.63, 3.8) is 0 Å². The fraction of sp³-hybridized carbons (Fsp3) is 0.333. The molecule has 0 aliphatic rings. The minimum absolute atomic E-state index is 0.0356. The summed E-state index contributed by atoms with van der Waals surface area (Å²) in [5.41, 5.74) is 7.28. The predicted octanol–water partition coefficient (Wildman–Crippen LogP) is 14.1. The van der Waals surface area contributed by atoms with Crippen molar-refractivity contribution in [3.8, 4) is 5.75 Å². The van der Waals surface area contributed by atoms with Gasteiger partial charge in [-0.15, -0.1) is 23.5 Å². The lowest BCUT2D eigenvalue weighted by Crippen LogP contribution is -2.60. The summed E-state index contributed by atoms with van der Waals surface area (Å²) in [6.45, 7) is 16.1. The molecule has 7 aromatic rings. The largest absolute Gasteiger partial charge is 0.497 e. The van der Waals surface area contributed by atoms with Gasteiger partial charge in [0.1, 0.15) is 17.8 Å². The molecule has 0 heterocycles. The van der Waals surface area contributed by atoms with Crippen molar-refractivity contribution in [1.82, 2.24) is 16.0 Å². The van der Waals surface area contributed by atoms with E-state index in [1.165, 1.54) is 35.6 Å². The highest BCUT2D eigenvalue weighted by atomic mass is 32.2. The number of allylic oxidation sites excluding steroid dienone is 1. The Morgan fingerprint density at radius 3 is 1.37 bits per heavy atom. The van der Waals surface area contributed by atoms with Crippen molar-refractivity contribution < 1.29 is 37.8 Å². The second kappa shape index (κ2) is 31.4. The number of thioether (sulfide) groups is 2. The van der Waals surface area contributed by atoms with Crippen LogP contribution in [0, 0.1) is 5.92 Å². The summed E-state index contributed by atoms with van der Waals surface area (Å²) in [6, 6.07) is 66.0. The van der Waals surface area contributed by atoms with Gasteiger partial charge in [-0.2, -0.15) is 0 Å². The SMILES string of the molecule is COC(=O)[C@@H](NC(=O)[C@@H](CSC(c1ccccc1)(c1ccccc1)c1ccccc1)NC(=O)[C@H](NC(=O)CC(/C=C/CCSC(c1ccccc1)(c1ccccc1)c1ccccc1)OCc1ccc(OC)cc1)C(C)C)[C@@H](C)O[Si](C)(C)C(C)(C)C. The minimum Gasteiger partial charge on any atom is -0.497 e. The van der Waals surface area contributed by atoms with Crippen molar-refractivity contribution in [2.45, 2.75) is 119 Å². The molecule has 0 spiro atoms. The van der Waals surface area contributed by atoms with E-state index < -0.39 is 77.8 Å². The molecular weight excluding hydrogens is 1130 g/mol. The fourth-order valence-electron chi connectivity index (χ4n) is 10.2. The average molecular weight is 1210 g/mol. The summed E-state index contributed by atoms with van der Waals surface area (Å²) < 4.78 is 22.6. The third kappa shape index (κ3) is 17.1. The van der Waals surface area contributed by atoms with Gasteiger partial charge in [0, 0.05) is 5.75 Å². The number of rotatable bonds is 30. The lowest BCUT2D eigenvalue weighted by Gasteiger charge is -2.40. The number of benzene rings is 7. The number of hydrogen-bond donors (Lipinski definition) is 3. The van der Waals surface area contributed by atoms with E-state index in [1.54, 1.807) is 14.0 Å². The number of carbonyl (C=O) groups excluding carboxylic acids is 4. The first-order valence-electron chi connectivity index (χ1n) is 29.5. The van der Waals surface area contributed by atoms with Gasteiger partial charge in [-0.05, 0) is 94.2 Å². The van der Waals surface area contributed by atoms with Crippen molar-refractivity contribution in [2.24, 2.45) is 5.92 Å². The number of amides is 3. The van der Waals surface area contributed by atoms with Crippen LogP contribution in [0.15, 0.2) is 218 Å². The van der Waals surface area contributed by atoms with Crippen LogP contribution in [0.1, 0.15) is 93.3 Å². The van der Waals surface area contributed by atoms with E-state index in [0.717, 1.165) is 28.0 Å². The molecule has 0 aliphatic carbocycles. The van der Waals surface area contributed by atoms with Gasteiger partial charge in [0.05, 0.1) is 48.9 Å². The van der Waals surface area contributed by atoms with Gasteiger partial charge in [0.25, 0.3) is 0 Å². The molecule has 0 aliphatic heterocycles. The molecule has 86 heavy (non-hydrogen) atoms. The van der Waals surface area contributed by atoms with E-state index in [1.807, 2.05) is 129 Å². The fourth-order valence-corrected chi connectivity index (χ4v) is 14.7.